The van der Waals surface area contributed by atoms with Crippen LogP contribution >= 0.6 is 11.6 Å². The number of hydrogen-bond acceptors (Lipinski definition) is 2. The van der Waals surface area contributed by atoms with Crippen LogP contribution in [0, 0.1) is 11.6 Å². The minimum atomic E-state index is -3.80. The first-order valence-electron chi connectivity index (χ1n) is 6.49. The SMILES string of the molecule is O=S(=O)(c1ccc(F)c(F)c1)N1CCCCC1CCCl. The van der Waals surface area contributed by atoms with Crippen LogP contribution in [0.5, 0.6) is 0 Å². The van der Waals surface area contributed by atoms with Crippen molar-refractivity contribution in [2.24, 2.45) is 0 Å². The van der Waals surface area contributed by atoms with Gasteiger partial charge in [-0.05, 0) is 37.5 Å². The molecule has 1 aromatic carbocycles. The molecule has 1 fully saturated rings. The van der Waals surface area contributed by atoms with E-state index in [0.717, 1.165) is 37.5 Å². The minimum absolute atomic E-state index is 0.167. The van der Waals surface area contributed by atoms with Crippen molar-refractivity contribution in [3.05, 3.63) is 29.8 Å². The Morgan fingerprint density at radius 2 is 2.00 bits per heavy atom. The lowest BCUT2D eigenvalue weighted by Gasteiger charge is -2.34. The highest BCUT2D eigenvalue weighted by Gasteiger charge is 2.33. The molecule has 20 heavy (non-hydrogen) atoms. The zero-order valence-corrected chi connectivity index (χ0v) is 12.4. The molecule has 1 aromatic rings. The van der Waals surface area contributed by atoms with Crippen molar-refractivity contribution < 1.29 is 17.2 Å². The number of sulfonamides is 1. The lowest BCUT2D eigenvalue weighted by molar-refractivity contribution is 0.247. The number of alkyl halides is 1. The summed E-state index contributed by atoms with van der Waals surface area (Å²) in [6.45, 7) is 0.392. The van der Waals surface area contributed by atoms with E-state index in [9.17, 15) is 17.2 Å². The van der Waals surface area contributed by atoms with Gasteiger partial charge in [-0.15, -0.1) is 11.6 Å². The highest BCUT2D eigenvalue weighted by Crippen LogP contribution is 2.27. The Morgan fingerprint density at radius 1 is 1.25 bits per heavy atom. The fraction of sp³-hybridized carbons (Fsp3) is 0.538. The number of benzene rings is 1. The van der Waals surface area contributed by atoms with E-state index < -0.39 is 21.7 Å². The monoisotopic (exact) mass is 323 g/mol. The molecule has 0 aliphatic carbocycles. The highest BCUT2D eigenvalue weighted by atomic mass is 35.5. The average Bonchev–Trinajstić information content (AvgIpc) is 2.42. The van der Waals surface area contributed by atoms with Crippen molar-refractivity contribution in [1.82, 2.24) is 4.31 Å². The Morgan fingerprint density at radius 3 is 2.65 bits per heavy atom. The molecular formula is C13H16ClF2NO2S. The molecule has 1 atom stereocenters. The third-order valence-corrected chi connectivity index (χ3v) is 5.68. The van der Waals surface area contributed by atoms with Crippen LogP contribution in [-0.4, -0.2) is 31.2 Å². The fourth-order valence-corrected chi connectivity index (χ4v) is 4.47. The molecule has 1 saturated heterocycles. The molecular weight excluding hydrogens is 308 g/mol. The molecule has 0 radical (unpaired) electrons. The summed E-state index contributed by atoms with van der Waals surface area (Å²) >= 11 is 5.71. The summed E-state index contributed by atoms with van der Waals surface area (Å²) in [5, 5.41) is 0. The molecule has 112 valence electrons. The van der Waals surface area contributed by atoms with E-state index >= 15 is 0 Å². The van der Waals surface area contributed by atoms with E-state index in [4.69, 9.17) is 11.6 Å². The van der Waals surface area contributed by atoms with E-state index in [-0.39, 0.29) is 10.9 Å². The smallest absolute Gasteiger partial charge is 0.207 e. The van der Waals surface area contributed by atoms with E-state index in [2.05, 4.69) is 0 Å². The van der Waals surface area contributed by atoms with Gasteiger partial charge >= 0.3 is 0 Å². The third-order valence-electron chi connectivity index (χ3n) is 3.51. The largest absolute Gasteiger partial charge is 0.243 e. The third kappa shape index (κ3) is 3.13. The first-order chi connectivity index (χ1) is 9.46. The second kappa shape index (κ2) is 6.37. The molecule has 0 spiro atoms. The first kappa shape index (κ1) is 15.7. The van der Waals surface area contributed by atoms with Gasteiger partial charge in [0, 0.05) is 18.5 Å². The molecule has 7 heteroatoms. The van der Waals surface area contributed by atoms with E-state index in [1.165, 1.54) is 4.31 Å². The summed E-state index contributed by atoms with van der Waals surface area (Å²) in [4.78, 5) is -0.210. The van der Waals surface area contributed by atoms with Gasteiger partial charge in [-0.1, -0.05) is 6.42 Å². The van der Waals surface area contributed by atoms with Crippen LogP contribution in [0.3, 0.4) is 0 Å². The molecule has 1 aliphatic rings. The van der Waals surface area contributed by atoms with Crippen LogP contribution in [0.1, 0.15) is 25.7 Å². The van der Waals surface area contributed by atoms with Gasteiger partial charge in [-0.2, -0.15) is 4.31 Å². The van der Waals surface area contributed by atoms with Gasteiger partial charge < -0.3 is 0 Å². The van der Waals surface area contributed by atoms with Gasteiger partial charge in [0.25, 0.3) is 0 Å². The summed E-state index contributed by atoms with van der Waals surface area (Å²) in [7, 11) is -3.80. The van der Waals surface area contributed by atoms with Crippen molar-refractivity contribution in [3.63, 3.8) is 0 Å². The maximum atomic E-state index is 13.2. The van der Waals surface area contributed by atoms with Crippen LogP contribution in [0.25, 0.3) is 0 Å². The second-order valence-electron chi connectivity index (χ2n) is 4.82. The number of rotatable bonds is 4. The van der Waals surface area contributed by atoms with Gasteiger partial charge in [0.05, 0.1) is 4.90 Å². The zero-order chi connectivity index (χ0) is 14.8. The standard InChI is InChI=1S/C13H16ClF2NO2S/c14-7-6-10-3-1-2-8-17(10)20(18,19)11-4-5-12(15)13(16)9-11/h4-5,9-10H,1-3,6-8H2. The molecule has 0 aromatic heterocycles. The van der Waals surface area contributed by atoms with E-state index in [0.29, 0.717) is 18.8 Å². The van der Waals surface area contributed by atoms with Crippen molar-refractivity contribution in [2.45, 2.75) is 36.6 Å². The topological polar surface area (TPSA) is 37.4 Å². The quantitative estimate of drug-likeness (QED) is 0.798. The summed E-state index contributed by atoms with van der Waals surface area (Å²) < 4.78 is 52.6. The predicted octanol–water partition coefficient (Wildman–Crippen LogP) is 3.14. The molecule has 0 amide bonds. The summed E-state index contributed by atoms with van der Waals surface area (Å²) in [5.74, 6) is -1.84. The molecule has 0 bridgehead atoms. The Balaban J connectivity index is 2.34. The molecule has 1 heterocycles. The summed E-state index contributed by atoms with van der Waals surface area (Å²) in [6, 6.07) is 2.50. The number of piperidine rings is 1. The molecule has 3 nitrogen and oxygen atoms in total. The molecule has 1 unspecified atom stereocenters. The lowest BCUT2D eigenvalue weighted by atomic mass is 10.0. The maximum absolute atomic E-state index is 13.2. The Hall–Kier alpha value is -0.720. The first-order valence-corrected chi connectivity index (χ1v) is 8.47. The van der Waals surface area contributed by atoms with Gasteiger partial charge in [0.1, 0.15) is 0 Å². The predicted molar refractivity (Wildman–Crippen MR) is 73.2 cm³/mol. The molecule has 2 rings (SSSR count). The number of nitrogens with zero attached hydrogens (tertiary/aromatic N) is 1. The molecule has 0 N–H and O–H groups in total. The fourth-order valence-electron chi connectivity index (χ4n) is 2.48. The number of hydrogen-bond donors (Lipinski definition) is 0. The summed E-state index contributed by atoms with van der Waals surface area (Å²) in [6.07, 6.45) is 3.02. The maximum Gasteiger partial charge on any atom is 0.243 e. The van der Waals surface area contributed by atoms with Crippen LogP contribution < -0.4 is 0 Å². The van der Waals surface area contributed by atoms with Crippen LogP contribution in [0.4, 0.5) is 8.78 Å². The zero-order valence-electron chi connectivity index (χ0n) is 10.9. The van der Waals surface area contributed by atoms with Gasteiger partial charge in [0.15, 0.2) is 11.6 Å². The van der Waals surface area contributed by atoms with E-state index in [1.54, 1.807) is 0 Å². The Labute approximate surface area is 122 Å². The van der Waals surface area contributed by atoms with Crippen LogP contribution in [-0.2, 0) is 10.0 Å². The van der Waals surface area contributed by atoms with Crippen molar-refractivity contribution in [3.8, 4) is 0 Å². The van der Waals surface area contributed by atoms with Crippen LogP contribution in [0.15, 0.2) is 23.1 Å². The lowest BCUT2D eigenvalue weighted by Crippen LogP contribution is -2.43. The normalized spacial score (nSPS) is 21.1. The Bertz CT molecular complexity index is 578. The van der Waals surface area contributed by atoms with Crippen molar-refractivity contribution in [1.29, 1.82) is 0 Å². The van der Waals surface area contributed by atoms with E-state index in [1.807, 2.05) is 0 Å². The second-order valence-corrected chi connectivity index (χ2v) is 7.09. The van der Waals surface area contributed by atoms with Gasteiger partial charge in [-0.3, -0.25) is 0 Å². The number of halogens is 3. The van der Waals surface area contributed by atoms with Crippen molar-refractivity contribution in [2.75, 3.05) is 12.4 Å². The minimum Gasteiger partial charge on any atom is -0.207 e. The highest BCUT2D eigenvalue weighted by molar-refractivity contribution is 7.89. The average molecular weight is 324 g/mol. The molecule has 1 aliphatic heterocycles. The van der Waals surface area contributed by atoms with Crippen molar-refractivity contribution >= 4 is 21.6 Å². The summed E-state index contributed by atoms with van der Waals surface area (Å²) in [5.41, 5.74) is 0. The van der Waals surface area contributed by atoms with Gasteiger partial charge in [-0.25, -0.2) is 17.2 Å². The Kier molecular flexibility index (Phi) is 4.99. The molecule has 0 saturated carbocycles. The van der Waals surface area contributed by atoms with Gasteiger partial charge in [0.2, 0.25) is 10.0 Å². The van der Waals surface area contributed by atoms with Crippen LogP contribution in [0.2, 0.25) is 0 Å².